The minimum Gasteiger partial charge on any atom is -0.383 e. The van der Waals surface area contributed by atoms with Crippen LogP contribution in [0.25, 0.3) is 16.6 Å². The van der Waals surface area contributed by atoms with Gasteiger partial charge >= 0.3 is 0 Å². The van der Waals surface area contributed by atoms with Crippen LogP contribution in [0.15, 0.2) is 70.0 Å². The van der Waals surface area contributed by atoms with Crippen molar-refractivity contribution in [3.63, 3.8) is 0 Å². The van der Waals surface area contributed by atoms with Crippen molar-refractivity contribution in [2.45, 2.75) is 19.4 Å². The van der Waals surface area contributed by atoms with Crippen molar-refractivity contribution >= 4 is 38.2 Å². The van der Waals surface area contributed by atoms with Crippen molar-refractivity contribution in [3.8, 4) is 0 Å². The Labute approximate surface area is 166 Å². The first kappa shape index (κ1) is 17.7. The molecule has 0 aliphatic carbocycles. The molecule has 2 aromatic carbocycles. The van der Waals surface area contributed by atoms with E-state index in [9.17, 15) is 0 Å². The fraction of sp³-hybridized carbons (Fsp3) is 0.190. The quantitative estimate of drug-likeness (QED) is 0.463. The zero-order chi connectivity index (χ0) is 18.8. The molecule has 1 unspecified atom stereocenters. The van der Waals surface area contributed by atoms with Crippen LogP contribution in [0.4, 0.5) is 5.69 Å². The molecule has 1 atom stereocenters. The Bertz CT molecular complexity index is 1040. The van der Waals surface area contributed by atoms with Gasteiger partial charge in [-0.1, -0.05) is 28.1 Å². The maximum atomic E-state index is 7.42. The third-order valence-corrected chi connectivity index (χ3v) is 5.39. The van der Waals surface area contributed by atoms with E-state index in [1.54, 1.807) is 0 Å². The number of aromatic nitrogens is 1. The van der Waals surface area contributed by atoms with Crippen molar-refractivity contribution in [3.05, 3.63) is 76.0 Å². The summed E-state index contributed by atoms with van der Waals surface area (Å²) >= 11 is 3.61. The molecule has 0 spiro atoms. The highest BCUT2D eigenvalue weighted by atomic mass is 79.9. The van der Waals surface area contributed by atoms with Crippen molar-refractivity contribution in [2.75, 3.05) is 11.9 Å². The standard InChI is InChI=1S/C21H20BrN5/c1-13(27-23)21-15-8-7-14(22)12-17(15)20(9-11-25-21)26-19-6-2-5-18-16(19)4-3-10-24-18/h2-8,10,12,20,23,25-26H,9,11H2,1H3/b21-13-,27-23?. The maximum Gasteiger partial charge on any atom is 0.0829 e. The number of halogens is 1. The lowest BCUT2D eigenvalue weighted by Gasteiger charge is -2.21. The van der Waals surface area contributed by atoms with Crippen LogP contribution in [0.2, 0.25) is 0 Å². The van der Waals surface area contributed by atoms with E-state index in [2.05, 4.69) is 60.9 Å². The van der Waals surface area contributed by atoms with Crippen molar-refractivity contribution in [1.82, 2.24) is 10.3 Å². The first-order valence-electron chi connectivity index (χ1n) is 8.89. The molecule has 3 N–H and O–H groups in total. The lowest BCUT2D eigenvalue weighted by atomic mass is 9.96. The monoisotopic (exact) mass is 421 g/mol. The average Bonchev–Trinajstić information content (AvgIpc) is 2.87. The number of fused-ring (bicyclic) bond motifs is 2. The highest BCUT2D eigenvalue weighted by molar-refractivity contribution is 9.10. The van der Waals surface area contributed by atoms with Crippen LogP contribution >= 0.6 is 15.9 Å². The molecule has 6 heteroatoms. The van der Waals surface area contributed by atoms with Gasteiger partial charge < -0.3 is 10.6 Å². The van der Waals surface area contributed by atoms with E-state index >= 15 is 0 Å². The molecule has 1 aliphatic heterocycles. The van der Waals surface area contributed by atoms with Crippen molar-refractivity contribution < 1.29 is 0 Å². The first-order valence-corrected chi connectivity index (χ1v) is 9.69. The molecule has 0 bridgehead atoms. The molecule has 1 aromatic heterocycles. The van der Waals surface area contributed by atoms with Gasteiger partial charge in [-0.3, -0.25) is 4.98 Å². The molecule has 1 aliphatic rings. The molecule has 136 valence electrons. The number of pyridine rings is 1. The zero-order valence-corrected chi connectivity index (χ0v) is 16.5. The second-order valence-corrected chi connectivity index (χ2v) is 7.51. The van der Waals surface area contributed by atoms with Gasteiger partial charge in [0.15, 0.2) is 0 Å². The molecule has 0 saturated heterocycles. The summed E-state index contributed by atoms with van der Waals surface area (Å²) in [6.07, 6.45) is 2.73. The Morgan fingerprint density at radius 1 is 1.26 bits per heavy atom. The topological polar surface area (TPSA) is 73.2 Å². The van der Waals surface area contributed by atoms with Crippen LogP contribution in [-0.2, 0) is 0 Å². The third kappa shape index (κ3) is 3.45. The predicted molar refractivity (Wildman–Crippen MR) is 113 cm³/mol. The number of hydrogen-bond donors (Lipinski definition) is 3. The Morgan fingerprint density at radius 2 is 2.15 bits per heavy atom. The number of allylic oxidation sites excluding steroid dienone is 1. The zero-order valence-electron chi connectivity index (χ0n) is 15.0. The number of nitrogens with one attached hydrogen (secondary N) is 3. The van der Waals surface area contributed by atoms with E-state index in [4.69, 9.17) is 5.53 Å². The van der Waals surface area contributed by atoms with Gasteiger partial charge in [0.05, 0.1) is 23.0 Å². The minimum atomic E-state index is 0.131. The van der Waals surface area contributed by atoms with Crippen LogP contribution in [0.1, 0.15) is 30.5 Å². The molecule has 5 nitrogen and oxygen atoms in total. The second kappa shape index (κ2) is 7.48. The van der Waals surface area contributed by atoms with Crippen molar-refractivity contribution in [2.24, 2.45) is 5.11 Å². The van der Waals surface area contributed by atoms with Gasteiger partial charge in [-0.25, -0.2) is 5.53 Å². The second-order valence-electron chi connectivity index (χ2n) is 6.59. The number of hydrogen-bond acceptors (Lipinski definition) is 5. The Morgan fingerprint density at radius 3 is 3.00 bits per heavy atom. The van der Waals surface area contributed by atoms with E-state index in [0.717, 1.165) is 45.3 Å². The number of rotatable bonds is 3. The van der Waals surface area contributed by atoms with Gasteiger partial charge in [-0.2, -0.15) is 5.11 Å². The highest BCUT2D eigenvalue weighted by Gasteiger charge is 2.23. The Balaban J connectivity index is 1.81. The number of anilines is 1. The number of nitrogens with zero attached hydrogens (tertiary/aromatic N) is 2. The van der Waals surface area contributed by atoms with Gasteiger partial charge in [0.2, 0.25) is 0 Å². The number of benzene rings is 2. The van der Waals surface area contributed by atoms with E-state index in [0.29, 0.717) is 5.70 Å². The van der Waals surface area contributed by atoms with Crippen LogP contribution in [0, 0.1) is 5.53 Å². The SMILES string of the molecule is C/C(N=N)=C1/NCCC(Nc2cccc3ncccc23)c2cc(Br)ccc21. The van der Waals surface area contributed by atoms with E-state index < -0.39 is 0 Å². The summed E-state index contributed by atoms with van der Waals surface area (Å²) in [4.78, 5) is 4.46. The van der Waals surface area contributed by atoms with Crippen LogP contribution in [0.3, 0.4) is 0 Å². The Kier molecular flexibility index (Phi) is 4.90. The molecule has 0 amide bonds. The maximum absolute atomic E-state index is 7.42. The van der Waals surface area contributed by atoms with Gasteiger partial charge in [0.1, 0.15) is 0 Å². The molecule has 0 fully saturated rings. The molecule has 3 aromatic rings. The summed E-state index contributed by atoms with van der Waals surface area (Å²) in [6, 6.07) is 16.6. The summed E-state index contributed by atoms with van der Waals surface area (Å²) in [7, 11) is 0. The van der Waals surface area contributed by atoms with Gasteiger partial charge in [0.25, 0.3) is 0 Å². The van der Waals surface area contributed by atoms with Gasteiger partial charge in [0, 0.05) is 33.9 Å². The lowest BCUT2D eigenvalue weighted by molar-refractivity contribution is 0.683. The highest BCUT2D eigenvalue weighted by Crippen LogP contribution is 2.35. The Hall–Kier alpha value is -2.73. The third-order valence-electron chi connectivity index (χ3n) is 4.90. The average molecular weight is 422 g/mol. The van der Waals surface area contributed by atoms with E-state index in [-0.39, 0.29) is 6.04 Å². The van der Waals surface area contributed by atoms with Crippen LogP contribution in [-0.4, -0.2) is 11.5 Å². The van der Waals surface area contributed by atoms with E-state index in [1.807, 2.05) is 37.4 Å². The molecular formula is C21H20BrN5. The molecular weight excluding hydrogens is 402 g/mol. The molecule has 2 heterocycles. The van der Waals surface area contributed by atoms with Gasteiger partial charge in [-0.05, 0) is 55.3 Å². The minimum absolute atomic E-state index is 0.131. The summed E-state index contributed by atoms with van der Waals surface area (Å²) in [5.41, 5.74) is 13.4. The summed E-state index contributed by atoms with van der Waals surface area (Å²) in [5, 5.41) is 11.9. The van der Waals surface area contributed by atoms with Crippen LogP contribution < -0.4 is 10.6 Å². The van der Waals surface area contributed by atoms with Crippen LogP contribution in [0.5, 0.6) is 0 Å². The molecule has 27 heavy (non-hydrogen) atoms. The summed E-state index contributed by atoms with van der Waals surface area (Å²) in [6.45, 7) is 2.67. The fourth-order valence-electron chi connectivity index (χ4n) is 3.59. The normalized spacial score (nSPS) is 18.2. The fourth-order valence-corrected chi connectivity index (χ4v) is 3.97. The summed E-state index contributed by atoms with van der Waals surface area (Å²) in [5.74, 6) is 0. The molecule has 0 saturated carbocycles. The predicted octanol–water partition coefficient (Wildman–Crippen LogP) is 5.86. The lowest BCUT2D eigenvalue weighted by Crippen LogP contribution is -2.15. The largest absolute Gasteiger partial charge is 0.383 e. The van der Waals surface area contributed by atoms with Crippen molar-refractivity contribution in [1.29, 1.82) is 5.53 Å². The van der Waals surface area contributed by atoms with Gasteiger partial charge in [-0.15, -0.1) is 0 Å². The summed E-state index contributed by atoms with van der Waals surface area (Å²) < 4.78 is 1.04. The van der Waals surface area contributed by atoms with E-state index in [1.165, 1.54) is 5.56 Å². The smallest absolute Gasteiger partial charge is 0.0829 e. The molecule has 0 radical (unpaired) electrons. The molecule has 4 rings (SSSR count). The first-order chi connectivity index (χ1) is 13.2.